The van der Waals surface area contributed by atoms with Gasteiger partial charge in [0, 0.05) is 10.1 Å². The molecule has 0 radical (unpaired) electrons. The molecule has 0 saturated heterocycles. The van der Waals surface area contributed by atoms with E-state index < -0.39 is 5.97 Å². The van der Waals surface area contributed by atoms with Crippen molar-refractivity contribution < 1.29 is 14.7 Å². The third kappa shape index (κ3) is 3.70. The second-order valence-electron chi connectivity index (χ2n) is 5.37. The normalized spacial score (nSPS) is 11.1. The average Bonchev–Trinajstić information content (AvgIpc) is 2.91. The number of benzene rings is 2. The number of halogens is 1. The van der Waals surface area contributed by atoms with Gasteiger partial charge >= 0.3 is 5.97 Å². The molecule has 0 fully saturated rings. The molecular weight excluding hydrogens is 360 g/mol. The Morgan fingerprint density at radius 3 is 2.60 bits per heavy atom. The summed E-state index contributed by atoms with van der Waals surface area (Å²) in [6.07, 6.45) is 1.44. The number of carboxylic acid groups (broad SMARTS) is 1. The highest BCUT2D eigenvalue weighted by Crippen LogP contribution is 2.35. The lowest BCUT2D eigenvalue weighted by Gasteiger charge is -1.98. The van der Waals surface area contributed by atoms with Gasteiger partial charge in [-0.25, -0.2) is 10.2 Å². The third-order valence-corrected chi connectivity index (χ3v) is 5.18. The standard InChI is InChI=1S/C18H13ClN2O3S/c1-10-2-7-13-14(8-10)25-16(15(13)19)17(22)21-20-9-11-3-5-12(6-4-11)18(23)24/h2-9H,1H3,(H,21,22)(H,23,24)/b20-9+. The van der Waals surface area contributed by atoms with Crippen LogP contribution in [-0.4, -0.2) is 23.2 Å². The number of nitrogens with zero attached hydrogens (tertiary/aromatic N) is 1. The Morgan fingerprint density at radius 1 is 1.20 bits per heavy atom. The number of carbonyl (C=O) groups is 2. The van der Waals surface area contributed by atoms with Gasteiger partial charge in [-0.2, -0.15) is 5.10 Å². The van der Waals surface area contributed by atoms with Crippen LogP contribution in [-0.2, 0) is 0 Å². The van der Waals surface area contributed by atoms with Crippen molar-refractivity contribution in [3.05, 3.63) is 69.1 Å². The number of hydrogen-bond donors (Lipinski definition) is 2. The van der Waals surface area contributed by atoms with E-state index >= 15 is 0 Å². The zero-order valence-corrected chi connectivity index (χ0v) is 14.7. The van der Waals surface area contributed by atoms with Crippen molar-refractivity contribution in [1.29, 1.82) is 0 Å². The van der Waals surface area contributed by atoms with E-state index in [-0.39, 0.29) is 11.5 Å². The molecule has 2 aromatic carbocycles. The molecule has 25 heavy (non-hydrogen) atoms. The van der Waals surface area contributed by atoms with E-state index in [0.717, 1.165) is 15.6 Å². The number of amides is 1. The first-order valence-corrected chi connectivity index (χ1v) is 8.50. The van der Waals surface area contributed by atoms with Gasteiger partial charge in [0.2, 0.25) is 0 Å². The predicted octanol–water partition coefficient (Wildman–Crippen LogP) is 4.33. The van der Waals surface area contributed by atoms with E-state index in [9.17, 15) is 9.59 Å². The van der Waals surface area contributed by atoms with Crippen molar-refractivity contribution in [3.8, 4) is 0 Å². The number of aryl methyl sites for hydroxylation is 1. The van der Waals surface area contributed by atoms with E-state index in [0.29, 0.717) is 15.5 Å². The number of carbonyl (C=O) groups excluding carboxylic acids is 1. The van der Waals surface area contributed by atoms with Gasteiger partial charge in [0.25, 0.3) is 5.91 Å². The minimum Gasteiger partial charge on any atom is -0.478 e. The van der Waals surface area contributed by atoms with Crippen LogP contribution in [0.4, 0.5) is 0 Å². The molecule has 0 aliphatic carbocycles. The first-order valence-electron chi connectivity index (χ1n) is 7.31. The topological polar surface area (TPSA) is 78.8 Å². The van der Waals surface area contributed by atoms with Crippen LogP contribution < -0.4 is 5.43 Å². The van der Waals surface area contributed by atoms with E-state index in [4.69, 9.17) is 16.7 Å². The van der Waals surface area contributed by atoms with Gasteiger partial charge in [0.05, 0.1) is 16.8 Å². The molecule has 1 amide bonds. The molecule has 126 valence electrons. The largest absolute Gasteiger partial charge is 0.478 e. The Bertz CT molecular complexity index is 993. The van der Waals surface area contributed by atoms with Crippen molar-refractivity contribution in [2.75, 3.05) is 0 Å². The maximum absolute atomic E-state index is 12.3. The summed E-state index contributed by atoms with van der Waals surface area (Å²) in [5, 5.41) is 14.0. The summed E-state index contributed by atoms with van der Waals surface area (Å²) in [4.78, 5) is 23.5. The Kier molecular flexibility index (Phi) is 4.83. The highest BCUT2D eigenvalue weighted by molar-refractivity contribution is 7.21. The molecule has 1 heterocycles. The molecule has 7 heteroatoms. The van der Waals surface area contributed by atoms with Crippen LogP contribution in [0.15, 0.2) is 47.6 Å². The van der Waals surface area contributed by atoms with Crippen LogP contribution in [0.25, 0.3) is 10.1 Å². The van der Waals surface area contributed by atoms with E-state index in [1.165, 1.54) is 29.7 Å². The van der Waals surface area contributed by atoms with Crippen LogP contribution in [0, 0.1) is 6.92 Å². The summed E-state index contributed by atoms with van der Waals surface area (Å²) in [6, 6.07) is 12.0. The molecule has 0 atom stereocenters. The average molecular weight is 373 g/mol. The Labute approximate surface area is 152 Å². The van der Waals surface area contributed by atoms with Gasteiger partial charge in [-0.15, -0.1) is 11.3 Å². The van der Waals surface area contributed by atoms with Gasteiger partial charge in [0.15, 0.2) is 0 Å². The van der Waals surface area contributed by atoms with Crippen molar-refractivity contribution in [3.63, 3.8) is 0 Å². The number of rotatable bonds is 4. The Balaban J connectivity index is 1.74. The molecule has 2 N–H and O–H groups in total. The second kappa shape index (κ2) is 7.04. The second-order valence-corrected chi connectivity index (χ2v) is 6.80. The first-order chi connectivity index (χ1) is 12.0. The number of thiophene rings is 1. The minimum absolute atomic E-state index is 0.188. The molecule has 0 spiro atoms. The fourth-order valence-electron chi connectivity index (χ4n) is 2.25. The number of hydrogen-bond acceptors (Lipinski definition) is 4. The van der Waals surface area contributed by atoms with Gasteiger partial charge in [0.1, 0.15) is 4.88 Å². The van der Waals surface area contributed by atoms with Crippen molar-refractivity contribution in [2.45, 2.75) is 6.92 Å². The number of carboxylic acids is 1. The molecular formula is C18H13ClN2O3S. The SMILES string of the molecule is Cc1ccc2c(Cl)c(C(=O)N/N=C/c3ccc(C(=O)O)cc3)sc2c1. The van der Waals surface area contributed by atoms with Crippen molar-refractivity contribution >= 4 is 51.1 Å². The molecule has 0 aliphatic rings. The van der Waals surface area contributed by atoms with Crippen LogP contribution in [0.2, 0.25) is 5.02 Å². The summed E-state index contributed by atoms with van der Waals surface area (Å²) in [5.74, 6) is -1.38. The summed E-state index contributed by atoms with van der Waals surface area (Å²) in [5.41, 5.74) is 4.40. The molecule has 1 aromatic heterocycles. The zero-order valence-electron chi connectivity index (χ0n) is 13.1. The van der Waals surface area contributed by atoms with Gasteiger partial charge in [-0.1, -0.05) is 35.9 Å². The smallest absolute Gasteiger partial charge is 0.335 e. The number of fused-ring (bicyclic) bond motifs is 1. The molecule has 0 bridgehead atoms. The van der Waals surface area contributed by atoms with Crippen LogP contribution in [0.1, 0.15) is 31.2 Å². The molecule has 0 saturated carbocycles. The summed E-state index contributed by atoms with van der Waals surface area (Å²) in [7, 11) is 0. The Morgan fingerprint density at radius 2 is 1.92 bits per heavy atom. The fraction of sp³-hybridized carbons (Fsp3) is 0.0556. The summed E-state index contributed by atoms with van der Waals surface area (Å²) >= 11 is 7.60. The lowest BCUT2D eigenvalue weighted by atomic mass is 10.1. The Hall–Kier alpha value is -2.70. The monoisotopic (exact) mass is 372 g/mol. The summed E-state index contributed by atoms with van der Waals surface area (Å²) in [6.45, 7) is 1.98. The molecule has 0 aliphatic heterocycles. The minimum atomic E-state index is -0.994. The summed E-state index contributed by atoms with van der Waals surface area (Å²) < 4.78 is 0.948. The third-order valence-electron chi connectivity index (χ3n) is 3.53. The van der Waals surface area contributed by atoms with Gasteiger partial charge < -0.3 is 5.11 Å². The number of hydrazone groups is 1. The van der Waals surface area contributed by atoms with E-state index in [1.807, 2.05) is 25.1 Å². The van der Waals surface area contributed by atoms with Crippen LogP contribution in [0.3, 0.4) is 0 Å². The quantitative estimate of drug-likeness (QED) is 0.528. The van der Waals surface area contributed by atoms with E-state index in [2.05, 4.69) is 10.5 Å². The van der Waals surface area contributed by atoms with Gasteiger partial charge in [-0.3, -0.25) is 4.79 Å². The van der Waals surface area contributed by atoms with E-state index in [1.54, 1.807) is 12.1 Å². The van der Waals surface area contributed by atoms with Crippen molar-refractivity contribution in [1.82, 2.24) is 5.43 Å². The lowest BCUT2D eigenvalue weighted by molar-refractivity contribution is 0.0696. The van der Waals surface area contributed by atoms with Crippen LogP contribution in [0.5, 0.6) is 0 Å². The highest BCUT2D eigenvalue weighted by Gasteiger charge is 2.16. The number of nitrogens with one attached hydrogen (secondary N) is 1. The molecule has 3 rings (SSSR count). The first kappa shape index (κ1) is 17.1. The maximum atomic E-state index is 12.3. The lowest BCUT2D eigenvalue weighted by Crippen LogP contribution is -2.16. The number of aromatic carboxylic acids is 1. The van der Waals surface area contributed by atoms with Gasteiger partial charge in [-0.05, 0) is 36.2 Å². The van der Waals surface area contributed by atoms with Crippen LogP contribution >= 0.6 is 22.9 Å². The zero-order chi connectivity index (χ0) is 18.0. The molecule has 5 nitrogen and oxygen atoms in total. The predicted molar refractivity (Wildman–Crippen MR) is 100 cm³/mol. The molecule has 0 unspecified atom stereocenters. The maximum Gasteiger partial charge on any atom is 0.335 e. The molecule has 3 aromatic rings. The highest BCUT2D eigenvalue weighted by atomic mass is 35.5. The van der Waals surface area contributed by atoms with Crippen molar-refractivity contribution in [2.24, 2.45) is 5.10 Å². The fourth-order valence-corrected chi connectivity index (χ4v) is 3.75.